The Balaban J connectivity index is 1.16. The molecule has 1 aliphatic rings. The molecule has 0 aliphatic heterocycles. The summed E-state index contributed by atoms with van der Waals surface area (Å²) in [6, 6.07) is 76.0. The second-order valence-electron chi connectivity index (χ2n) is 13.6. The first kappa shape index (κ1) is 30.8. The number of rotatable bonds is 8. The van der Waals surface area contributed by atoms with Crippen molar-refractivity contribution >= 4 is 0 Å². The summed E-state index contributed by atoms with van der Waals surface area (Å²) >= 11 is 0. The van der Waals surface area contributed by atoms with E-state index in [2.05, 4.69) is 206 Å². The van der Waals surface area contributed by atoms with Crippen LogP contribution in [-0.2, 0) is 18.3 Å². The standard InChI is InChI=1S/C51H38/c1-3-15-37(16-4-1)35-41-19-7-9-21-45(41)39-27-31-43(32-28-39)51(49-25-13-11-23-47(49)48-24-12-14-26-50(48)51)44-33-29-40(30-34-44)46-22-10-8-20-42(46)36-38-17-5-2-6-18-38/h1-34H,35-36H2. The lowest BCUT2D eigenvalue weighted by molar-refractivity contribution is 0.769. The largest absolute Gasteiger partial charge is 0.0713 e. The van der Waals surface area contributed by atoms with Gasteiger partial charge in [-0.05, 0) is 90.7 Å². The Bertz CT molecular complexity index is 2260. The summed E-state index contributed by atoms with van der Waals surface area (Å²) in [7, 11) is 0. The molecule has 0 nitrogen and oxygen atoms in total. The van der Waals surface area contributed by atoms with Crippen molar-refractivity contribution in [3.05, 3.63) is 251 Å². The van der Waals surface area contributed by atoms with Crippen molar-refractivity contribution in [3.63, 3.8) is 0 Å². The second-order valence-corrected chi connectivity index (χ2v) is 13.6. The maximum Gasteiger partial charge on any atom is 0.0713 e. The Morgan fingerprint density at radius 2 is 0.608 bits per heavy atom. The SMILES string of the molecule is c1ccc(Cc2ccccc2-c2ccc(C3(c4ccc(-c5ccccc5Cc5ccccc5)cc4)c4ccccc4-c4ccccc43)cc2)cc1. The lowest BCUT2D eigenvalue weighted by Gasteiger charge is -2.34. The normalized spacial score (nSPS) is 12.6. The average molecular weight is 651 g/mol. The van der Waals surface area contributed by atoms with E-state index >= 15 is 0 Å². The third kappa shape index (κ3) is 5.50. The third-order valence-electron chi connectivity index (χ3n) is 10.7. The zero-order chi connectivity index (χ0) is 34.0. The van der Waals surface area contributed by atoms with E-state index in [4.69, 9.17) is 0 Å². The highest BCUT2D eigenvalue weighted by Gasteiger charge is 2.45. The van der Waals surface area contributed by atoms with Crippen molar-refractivity contribution in [2.45, 2.75) is 18.3 Å². The summed E-state index contributed by atoms with van der Waals surface area (Å²) in [4.78, 5) is 0. The minimum atomic E-state index is -0.447. The highest BCUT2D eigenvalue weighted by Crippen LogP contribution is 2.56. The van der Waals surface area contributed by atoms with E-state index in [9.17, 15) is 0 Å². The molecular formula is C51H38. The number of fused-ring (bicyclic) bond motifs is 3. The molecule has 0 aromatic heterocycles. The van der Waals surface area contributed by atoms with Crippen LogP contribution in [0.25, 0.3) is 33.4 Å². The molecule has 0 fully saturated rings. The molecule has 1 aliphatic carbocycles. The van der Waals surface area contributed by atoms with Crippen LogP contribution in [0.5, 0.6) is 0 Å². The maximum absolute atomic E-state index is 2.37. The minimum Gasteiger partial charge on any atom is -0.0622 e. The van der Waals surface area contributed by atoms with Gasteiger partial charge in [-0.3, -0.25) is 0 Å². The van der Waals surface area contributed by atoms with Crippen LogP contribution in [0.4, 0.5) is 0 Å². The van der Waals surface area contributed by atoms with Crippen molar-refractivity contribution in [1.82, 2.24) is 0 Å². The predicted molar refractivity (Wildman–Crippen MR) is 213 cm³/mol. The zero-order valence-electron chi connectivity index (χ0n) is 28.5. The lowest BCUT2D eigenvalue weighted by atomic mass is 9.67. The summed E-state index contributed by atoms with van der Waals surface area (Å²) in [6.07, 6.45) is 1.81. The first-order valence-electron chi connectivity index (χ1n) is 17.9. The van der Waals surface area contributed by atoms with Gasteiger partial charge in [0.15, 0.2) is 0 Å². The van der Waals surface area contributed by atoms with E-state index in [0.29, 0.717) is 0 Å². The van der Waals surface area contributed by atoms with E-state index in [-0.39, 0.29) is 0 Å². The van der Waals surface area contributed by atoms with Crippen molar-refractivity contribution in [2.24, 2.45) is 0 Å². The lowest BCUT2D eigenvalue weighted by Crippen LogP contribution is -2.28. The molecule has 0 saturated heterocycles. The Kier molecular flexibility index (Phi) is 7.99. The zero-order valence-corrected chi connectivity index (χ0v) is 28.5. The third-order valence-corrected chi connectivity index (χ3v) is 10.7. The Morgan fingerprint density at radius 3 is 1.02 bits per heavy atom. The van der Waals surface area contributed by atoms with E-state index < -0.39 is 5.41 Å². The van der Waals surface area contributed by atoms with E-state index in [1.54, 1.807) is 0 Å². The van der Waals surface area contributed by atoms with Crippen LogP contribution in [0, 0.1) is 0 Å². The molecule has 0 radical (unpaired) electrons. The molecule has 0 unspecified atom stereocenters. The van der Waals surface area contributed by atoms with Gasteiger partial charge in [0.25, 0.3) is 0 Å². The van der Waals surface area contributed by atoms with Crippen LogP contribution >= 0.6 is 0 Å². The van der Waals surface area contributed by atoms with Crippen LogP contribution in [0.3, 0.4) is 0 Å². The van der Waals surface area contributed by atoms with Crippen molar-refractivity contribution in [3.8, 4) is 33.4 Å². The van der Waals surface area contributed by atoms with Crippen LogP contribution in [0.15, 0.2) is 206 Å². The molecule has 0 saturated carbocycles. The monoisotopic (exact) mass is 650 g/mol. The van der Waals surface area contributed by atoms with Crippen LogP contribution in [0.2, 0.25) is 0 Å². The second kappa shape index (κ2) is 13.2. The molecule has 8 aromatic carbocycles. The van der Waals surface area contributed by atoms with Gasteiger partial charge in [0, 0.05) is 0 Å². The van der Waals surface area contributed by atoms with E-state index in [1.807, 2.05) is 0 Å². The van der Waals surface area contributed by atoms with Gasteiger partial charge >= 0.3 is 0 Å². The van der Waals surface area contributed by atoms with E-state index in [1.165, 1.54) is 77.9 Å². The fraction of sp³-hybridized carbons (Fsp3) is 0.0588. The van der Waals surface area contributed by atoms with Crippen LogP contribution < -0.4 is 0 Å². The number of hydrogen-bond donors (Lipinski definition) is 0. The highest BCUT2D eigenvalue weighted by atomic mass is 14.5. The van der Waals surface area contributed by atoms with Gasteiger partial charge in [0.2, 0.25) is 0 Å². The molecule has 8 aromatic rings. The quantitative estimate of drug-likeness (QED) is 0.154. The van der Waals surface area contributed by atoms with Gasteiger partial charge in [0.05, 0.1) is 5.41 Å². The van der Waals surface area contributed by atoms with Crippen molar-refractivity contribution in [1.29, 1.82) is 0 Å². The Hall–Kier alpha value is -6.24. The molecule has 0 bridgehead atoms. The summed E-state index contributed by atoms with van der Waals surface area (Å²) in [5, 5.41) is 0. The van der Waals surface area contributed by atoms with Gasteiger partial charge in [-0.25, -0.2) is 0 Å². The first-order valence-corrected chi connectivity index (χ1v) is 17.9. The molecule has 0 amide bonds. The summed E-state index contributed by atoms with van der Waals surface area (Å²) in [5.41, 5.74) is 17.8. The molecule has 242 valence electrons. The van der Waals surface area contributed by atoms with E-state index in [0.717, 1.165) is 12.8 Å². The molecule has 0 spiro atoms. The van der Waals surface area contributed by atoms with Gasteiger partial charge in [-0.1, -0.05) is 206 Å². The van der Waals surface area contributed by atoms with Gasteiger partial charge in [-0.15, -0.1) is 0 Å². The summed E-state index contributed by atoms with van der Waals surface area (Å²) < 4.78 is 0. The van der Waals surface area contributed by atoms with Crippen LogP contribution in [0.1, 0.15) is 44.5 Å². The predicted octanol–water partition coefficient (Wildman–Crippen LogP) is 12.6. The summed E-state index contributed by atoms with van der Waals surface area (Å²) in [5.74, 6) is 0. The smallest absolute Gasteiger partial charge is 0.0622 e. The molecule has 51 heavy (non-hydrogen) atoms. The Morgan fingerprint density at radius 1 is 0.275 bits per heavy atom. The van der Waals surface area contributed by atoms with Gasteiger partial charge < -0.3 is 0 Å². The molecule has 9 rings (SSSR count). The maximum atomic E-state index is 2.37. The number of hydrogen-bond acceptors (Lipinski definition) is 0. The molecule has 0 heteroatoms. The topological polar surface area (TPSA) is 0 Å². The van der Waals surface area contributed by atoms with Crippen LogP contribution in [-0.4, -0.2) is 0 Å². The molecule has 0 heterocycles. The fourth-order valence-corrected chi connectivity index (χ4v) is 8.37. The van der Waals surface area contributed by atoms with Crippen molar-refractivity contribution in [2.75, 3.05) is 0 Å². The molecular weight excluding hydrogens is 613 g/mol. The number of benzene rings is 8. The summed E-state index contributed by atoms with van der Waals surface area (Å²) in [6.45, 7) is 0. The van der Waals surface area contributed by atoms with Gasteiger partial charge in [0.1, 0.15) is 0 Å². The Labute approximate surface area is 301 Å². The fourth-order valence-electron chi connectivity index (χ4n) is 8.37. The highest BCUT2D eigenvalue weighted by molar-refractivity contribution is 5.87. The first-order chi connectivity index (χ1) is 25.3. The van der Waals surface area contributed by atoms with Gasteiger partial charge in [-0.2, -0.15) is 0 Å². The average Bonchev–Trinajstić information content (AvgIpc) is 3.50. The van der Waals surface area contributed by atoms with Crippen molar-refractivity contribution < 1.29 is 0 Å². The molecule has 0 atom stereocenters. The minimum absolute atomic E-state index is 0.447. The molecule has 0 N–H and O–H groups in total.